The van der Waals surface area contributed by atoms with Crippen LogP contribution in [0.2, 0.25) is 0 Å². The number of hydrogen-bond acceptors (Lipinski definition) is 6. The van der Waals surface area contributed by atoms with Gasteiger partial charge in [0.25, 0.3) is 0 Å². The second-order valence-electron chi connectivity index (χ2n) is 12.4. The Labute approximate surface area is 197 Å². The molecule has 6 nitrogen and oxygen atoms in total. The highest BCUT2D eigenvalue weighted by molar-refractivity contribution is 5.95. The summed E-state index contributed by atoms with van der Waals surface area (Å²) in [5.74, 6) is -0.839. The summed E-state index contributed by atoms with van der Waals surface area (Å²) >= 11 is 0. The Morgan fingerprint density at radius 1 is 1.15 bits per heavy atom. The van der Waals surface area contributed by atoms with E-state index in [0.29, 0.717) is 24.8 Å². The minimum Gasteiger partial charge on any atom is -0.390 e. The first-order valence-corrected chi connectivity index (χ1v) is 12.6. The van der Waals surface area contributed by atoms with E-state index in [-0.39, 0.29) is 24.0 Å². The van der Waals surface area contributed by atoms with Crippen LogP contribution in [0.4, 0.5) is 0 Å². The fourth-order valence-electron chi connectivity index (χ4n) is 7.98. The van der Waals surface area contributed by atoms with Gasteiger partial charge in [-0.3, -0.25) is 4.79 Å². The first-order valence-electron chi connectivity index (χ1n) is 12.6. The monoisotopic (exact) mass is 462 g/mol. The number of aliphatic hydroxyl groups is 5. The summed E-state index contributed by atoms with van der Waals surface area (Å²) in [5, 5.41) is 53.9. The number of ketones is 1. The molecule has 4 aliphatic carbocycles. The molecule has 0 aromatic rings. The van der Waals surface area contributed by atoms with Crippen LogP contribution < -0.4 is 0 Å². The zero-order chi connectivity index (χ0) is 24.6. The maximum Gasteiger partial charge on any atom is 0.159 e. The van der Waals surface area contributed by atoms with Gasteiger partial charge in [0.05, 0.1) is 23.4 Å². The average Bonchev–Trinajstić information content (AvgIpc) is 2.99. The fourth-order valence-corrected chi connectivity index (χ4v) is 7.98. The van der Waals surface area contributed by atoms with Crippen molar-refractivity contribution in [3.63, 3.8) is 0 Å². The highest BCUT2D eigenvalue weighted by Gasteiger charge is 2.68. The van der Waals surface area contributed by atoms with Crippen LogP contribution in [0.5, 0.6) is 0 Å². The molecule has 3 fully saturated rings. The lowest BCUT2D eigenvalue weighted by Gasteiger charge is -2.61. The molecule has 3 saturated carbocycles. The Bertz CT molecular complexity index is 857. The van der Waals surface area contributed by atoms with E-state index >= 15 is 0 Å². The summed E-state index contributed by atoms with van der Waals surface area (Å²) in [6.45, 7) is 11.9. The summed E-state index contributed by atoms with van der Waals surface area (Å²) < 4.78 is 0. The first-order chi connectivity index (χ1) is 15.2. The predicted molar refractivity (Wildman–Crippen MR) is 125 cm³/mol. The van der Waals surface area contributed by atoms with Crippen molar-refractivity contribution in [3.8, 4) is 0 Å². The van der Waals surface area contributed by atoms with Crippen LogP contribution in [0.3, 0.4) is 0 Å². The quantitative estimate of drug-likeness (QED) is 0.401. The Morgan fingerprint density at radius 3 is 2.45 bits per heavy atom. The first kappa shape index (κ1) is 25.1. The van der Waals surface area contributed by atoms with Crippen LogP contribution in [0.15, 0.2) is 23.8 Å². The van der Waals surface area contributed by atoms with E-state index in [0.717, 1.165) is 31.3 Å². The SMILES string of the molecule is C=C(CCCC(C)(C)O)[C@H]1CC[C@@]2(O)C3=CC(=O)[C@@H]4C[C@@H](O)[C@@H](O)[C@@H](O)[C@]4(C)[C@H]3CC[C@]12C. The maximum atomic E-state index is 13.2. The van der Waals surface area contributed by atoms with Gasteiger partial charge in [0.1, 0.15) is 6.10 Å². The Kier molecular flexibility index (Phi) is 6.07. The van der Waals surface area contributed by atoms with Crippen LogP contribution in [0, 0.1) is 28.6 Å². The van der Waals surface area contributed by atoms with Gasteiger partial charge in [0.2, 0.25) is 0 Å². The van der Waals surface area contributed by atoms with Crippen LogP contribution >= 0.6 is 0 Å². The molecule has 0 aromatic carbocycles. The van der Waals surface area contributed by atoms with Gasteiger partial charge in [-0.15, -0.1) is 0 Å². The van der Waals surface area contributed by atoms with E-state index in [2.05, 4.69) is 13.5 Å². The van der Waals surface area contributed by atoms with Crippen molar-refractivity contribution in [1.82, 2.24) is 0 Å². The van der Waals surface area contributed by atoms with Crippen molar-refractivity contribution < 1.29 is 30.3 Å². The highest BCUT2D eigenvalue weighted by atomic mass is 16.4. The van der Waals surface area contributed by atoms with Crippen molar-refractivity contribution in [3.05, 3.63) is 23.8 Å². The zero-order valence-electron chi connectivity index (χ0n) is 20.5. The van der Waals surface area contributed by atoms with Crippen LogP contribution in [0.25, 0.3) is 0 Å². The normalized spacial score (nSPS) is 47.4. The van der Waals surface area contributed by atoms with Gasteiger partial charge in [-0.1, -0.05) is 26.0 Å². The van der Waals surface area contributed by atoms with Gasteiger partial charge in [-0.2, -0.15) is 0 Å². The molecular weight excluding hydrogens is 420 g/mol. The third-order valence-electron chi connectivity index (χ3n) is 10.1. The molecule has 0 saturated heterocycles. The molecule has 0 aliphatic heterocycles. The molecule has 186 valence electrons. The second-order valence-corrected chi connectivity index (χ2v) is 12.4. The Morgan fingerprint density at radius 2 is 1.82 bits per heavy atom. The van der Waals surface area contributed by atoms with Crippen LogP contribution in [-0.4, -0.2) is 60.8 Å². The van der Waals surface area contributed by atoms with Gasteiger partial charge in [-0.05, 0) is 88.7 Å². The number of allylic oxidation sites excluding steroid dienone is 2. The topological polar surface area (TPSA) is 118 Å². The van der Waals surface area contributed by atoms with Gasteiger partial charge in [0, 0.05) is 16.7 Å². The smallest absolute Gasteiger partial charge is 0.159 e. The Hall–Kier alpha value is -1.05. The van der Waals surface area contributed by atoms with Crippen molar-refractivity contribution >= 4 is 5.78 Å². The van der Waals surface area contributed by atoms with Crippen molar-refractivity contribution in [1.29, 1.82) is 0 Å². The van der Waals surface area contributed by atoms with E-state index in [9.17, 15) is 30.3 Å². The third kappa shape index (κ3) is 3.59. The van der Waals surface area contributed by atoms with E-state index in [1.807, 2.05) is 20.8 Å². The number of carbonyl (C=O) groups excluding carboxylic acids is 1. The Balaban J connectivity index is 1.64. The lowest BCUT2D eigenvalue weighted by molar-refractivity contribution is -0.197. The molecule has 0 unspecified atom stereocenters. The van der Waals surface area contributed by atoms with E-state index in [1.165, 1.54) is 0 Å². The van der Waals surface area contributed by atoms with Crippen molar-refractivity contribution in [2.45, 2.75) is 109 Å². The molecule has 4 rings (SSSR count). The molecule has 33 heavy (non-hydrogen) atoms. The van der Waals surface area contributed by atoms with Crippen LogP contribution in [0.1, 0.15) is 79.1 Å². The van der Waals surface area contributed by atoms with Gasteiger partial charge < -0.3 is 25.5 Å². The summed E-state index contributed by atoms with van der Waals surface area (Å²) in [7, 11) is 0. The maximum absolute atomic E-state index is 13.2. The zero-order valence-corrected chi connectivity index (χ0v) is 20.5. The second kappa shape index (κ2) is 7.99. The third-order valence-corrected chi connectivity index (χ3v) is 10.1. The van der Waals surface area contributed by atoms with Gasteiger partial charge in [0.15, 0.2) is 5.78 Å². The molecule has 0 heterocycles. The van der Waals surface area contributed by atoms with Gasteiger partial charge in [-0.25, -0.2) is 0 Å². The molecule has 9 atom stereocenters. The lowest BCUT2D eigenvalue weighted by Crippen LogP contribution is -2.66. The minimum absolute atomic E-state index is 0.121. The lowest BCUT2D eigenvalue weighted by atomic mass is 9.45. The molecule has 5 N–H and O–H groups in total. The number of carbonyl (C=O) groups is 1. The molecule has 4 aliphatic rings. The molecule has 0 amide bonds. The molecular formula is C27H42O6. The number of hydrogen-bond donors (Lipinski definition) is 5. The standard InChI is InChI=1S/C27H42O6/c1-15(7-6-10-24(2,3)32)16-9-12-27(33)18-13-20(28)19-14-21(29)22(30)23(31)26(19,5)17(18)8-11-25(16,27)4/h13,16-17,19,21-23,29-33H,1,6-12,14H2,2-5H3/t16-,17+,19+,21-,22-,23-,25-,26-,27-/m1/s1. The molecule has 6 heteroatoms. The van der Waals surface area contributed by atoms with E-state index < -0.39 is 46.3 Å². The molecule has 0 aromatic heterocycles. The molecule has 0 radical (unpaired) electrons. The van der Waals surface area contributed by atoms with Gasteiger partial charge >= 0.3 is 0 Å². The van der Waals surface area contributed by atoms with Crippen molar-refractivity contribution in [2.24, 2.45) is 28.6 Å². The van der Waals surface area contributed by atoms with Crippen LogP contribution in [-0.2, 0) is 4.79 Å². The van der Waals surface area contributed by atoms with E-state index in [1.54, 1.807) is 6.08 Å². The largest absolute Gasteiger partial charge is 0.390 e. The molecule has 0 bridgehead atoms. The average molecular weight is 463 g/mol. The number of rotatable bonds is 5. The predicted octanol–water partition coefficient (Wildman–Crippen LogP) is 2.66. The number of aliphatic hydroxyl groups excluding tert-OH is 3. The summed E-state index contributed by atoms with van der Waals surface area (Å²) in [6.07, 6.45) is 3.17. The fraction of sp³-hybridized carbons (Fsp3) is 0.815. The summed E-state index contributed by atoms with van der Waals surface area (Å²) in [5.41, 5.74) is -1.45. The highest BCUT2D eigenvalue weighted by Crippen LogP contribution is 2.68. The minimum atomic E-state index is -1.30. The summed E-state index contributed by atoms with van der Waals surface area (Å²) in [6, 6.07) is 0. The molecule has 0 spiro atoms. The van der Waals surface area contributed by atoms with Crippen molar-refractivity contribution in [2.75, 3.05) is 0 Å². The summed E-state index contributed by atoms with van der Waals surface area (Å²) in [4.78, 5) is 13.2. The number of fused-ring (bicyclic) bond motifs is 5. The van der Waals surface area contributed by atoms with E-state index in [4.69, 9.17) is 0 Å².